The second-order valence-corrected chi connectivity index (χ2v) is 11.1. The van der Waals surface area contributed by atoms with Crippen LogP contribution in [0.2, 0.25) is 5.28 Å². The van der Waals surface area contributed by atoms with Gasteiger partial charge in [0.25, 0.3) is 11.4 Å². The van der Waals surface area contributed by atoms with Gasteiger partial charge in [0.15, 0.2) is 17.6 Å². The normalized spacial score (nSPS) is 19.8. The Morgan fingerprint density at radius 3 is 2.29 bits per heavy atom. The SMILES string of the molecule is CCOC(=O)C(Cc1ccc(OC(F)(F)F)cc1)(OC[C@H]1OCC(F)(n2cnc3c(N)nc(Cl)nc32)[C@@H]1OC(=O)C(C)C)C(=O)OCC. The van der Waals surface area contributed by atoms with Crippen molar-refractivity contribution in [3.05, 3.63) is 41.4 Å². The van der Waals surface area contributed by atoms with Crippen molar-refractivity contribution in [1.29, 1.82) is 0 Å². The Bertz CT molecular complexity index is 1620. The third-order valence-electron chi connectivity index (χ3n) is 7.10. The Kier molecular flexibility index (Phi) is 11.0. The quantitative estimate of drug-likeness (QED) is 0.0897. The summed E-state index contributed by atoms with van der Waals surface area (Å²) in [5.74, 6) is -7.35. The largest absolute Gasteiger partial charge is 0.573 e. The molecule has 3 atom stereocenters. The van der Waals surface area contributed by atoms with Crippen LogP contribution in [0.5, 0.6) is 5.75 Å². The number of anilines is 1. The van der Waals surface area contributed by atoms with Crippen LogP contribution in [0.15, 0.2) is 30.6 Å². The van der Waals surface area contributed by atoms with Crippen LogP contribution >= 0.6 is 11.6 Å². The Labute approximate surface area is 275 Å². The number of benzene rings is 1. The van der Waals surface area contributed by atoms with Crippen LogP contribution in [-0.2, 0) is 50.3 Å². The van der Waals surface area contributed by atoms with Crippen molar-refractivity contribution in [3.8, 4) is 5.75 Å². The number of nitrogens with zero attached hydrogens (tertiary/aromatic N) is 4. The number of nitrogens with two attached hydrogens (primary N) is 1. The van der Waals surface area contributed by atoms with Crippen molar-refractivity contribution in [2.75, 3.05) is 32.2 Å². The number of ether oxygens (including phenoxy) is 6. The van der Waals surface area contributed by atoms with E-state index in [2.05, 4.69) is 19.7 Å². The van der Waals surface area contributed by atoms with Gasteiger partial charge in [-0.2, -0.15) is 9.97 Å². The standard InChI is InChI=1S/C29H32ClF4N5O9/c1-5-43-24(41)27(25(42)44-6-2,11-16-7-9-17(10-8-16)48-29(32,33)34)46-12-18-20(47-23(40)15(3)4)28(31,13-45-18)39-14-36-19-21(35)37-26(30)38-22(19)39/h7-10,14-15,18,20H,5-6,11-13H2,1-4H3,(H2,35,37,38)/t18-,20-,28?/m1/s1. The predicted molar refractivity (Wildman–Crippen MR) is 157 cm³/mol. The molecule has 1 saturated heterocycles. The van der Waals surface area contributed by atoms with Crippen molar-refractivity contribution >= 4 is 46.5 Å². The van der Waals surface area contributed by atoms with Crippen LogP contribution in [0.4, 0.5) is 23.4 Å². The molecule has 1 fully saturated rings. The number of hydrogen-bond acceptors (Lipinski definition) is 13. The summed E-state index contributed by atoms with van der Waals surface area (Å²) < 4.78 is 87.6. The lowest BCUT2D eigenvalue weighted by Crippen LogP contribution is -2.55. The van der Waals surface area contributed by atoms with Crippen LogP contribution in [-0.4, -0.2) is 88.0 Å². The fourth-order valence-electron chi connectivity index (χ4n) is 4.83. The molecule has 0 amide bonds. The maximum Gasteiger partial charge on any atom is 0.573 e. The van der Waals surface area contributed by atoms with Gasteiger partial charge in [-0.3, -0.25) is 9.36 Å². The summed E-state index contributed by atoms with van der Waals surface area (Å²) in [7, 11) is 0. The topological polar surface area (TPSA) is 176 Å². The lowest BCUT2D eigenvalue weighted by atomic mass is 9.93. The Morgan fingerprint density at radius 1 is 1.10 bits per heavy atom. The zero-order chi connectivity index (χ0) is 35.4. The number of rotatable bonds is 13. The van der Waals surface area contributed by atoms with E-state index in [0.717, 1.165) is 23.0 Å². The first-order chi connectivity index (χ1) is 22.5. The van der Waals surface area contributed by atoms with E-state index >= 15 is 4.39 Å². The van der Waals surface area contributed by atoms with Crippen LogP contribution in [0.3, 0.4) is 0 Å². The smallest absolute Gasteiger partial charge is 0.463 e. The lowest BCUT2D eigenvalue weighted by Gasteiger charge is -2.33. The van der Waals surface area contributed by atoms with Gasteiger partial charge in [-0.15, -0.1) is 13.2 Å². The Balaban J connectivity index is 1.72. The Hall–Kier alpha value is -4.29. The van der Waals surface area contributed by atoms with E-state index in [1.54, 1.807) is 0 Å². The highest BCUT2D eigenvalue weighted by Gasteiger charge is 2.58. The van der Waals surface area contributed by atoms with Crippen LogP contribution in [0, 0.1) is 5.92 Å². The van der Waals surface area contributed by atoms with Crippen molar-refractivity contribution < 1.29 is 60.4 Å². The highest BCUT2D eigenvalue weighted by Crippen LogP contribution is 2.40. The van der Waals surface area contributed by atoms with Gasteiger partial charge in [-0.1, -0.05) is 26.0 Å². The fourth-order valence-corrected chi connectivity index (χ4v) is 5.00. The summed E-state index contributed by atoms with van der Waals surface area (Å²) >= 11 is 5.96. The number of carbonyl (C=O) groups is 3. The van der Waals surface area contributed by atoms with Gasteiger partial charge >= 0.3 is 24.3 Å². The van der Waals surface area contributed by atoms with Crippen molar-refractivity contribution in [1.82, 2.24) is 19.5 Å². The maximum absolute atomic E-state index is 17.1. The van der Waals surface area contributed by atoms with E-state index in [-0.39, 0.29) is 41.0 Å². The number of nitrogen functional groups attached to an aromatic ring is 1. The molecular formula is C29H32ClF4N5O9. The molecule has 3 aromatic rings. The molecule has 0 aliphatic carbocycles. The lowest BCUT2D eigenvalue weighted by molar-refractivity contribution is -0.274. The fraction of sp³-hybridized carbons (Fsp3) is 0.517. The van der Waals surface area contributed by atoms with E-state index in [1.807, 2.05) is 0 Å². The van der Waals surface area contributed by atoms with E-state index in [0.29, 0.717) is 0 Å². The minimum Gasteiger partial charge on any atom is -0.463 e. The van der Waals surface area contributed by atoms with Crippen LogP contribution in [0.1, 0.15) is 33.3 Å². The van der Waals surface area contributed by atoms with E-state index in [4.69, 9.17) is 41.0 Å². The molecule has 1 aromatic carbocycles. The first-order valence-corrected chi connectivity index (χ1v) is 14.9. The van der Waals surface area contributed by atoms with Gasteiger partial charge in [0.2, 0.25) is 5.28 Å². The predicted octanol–water partition coefficient (Wildman–Crippen LogP) is 3.67. The van der Waals surface area contributed by atoms with Crippen molar-refractivity contribution in [2.24, 2.45) is 5.92 Å². The van der Waals surface area contributed by atoms with Gasteiger partial charge in [0, 0.05) is 6.42 Å². The molecule has 2 aromatic heterocycles. The van der Waals surface area contributed by atoms with Crippen molar-refractivity contribution in [3.63, 3.8) is 0 Å². The van der Waals surface area contributed by atoms with Gasteiger partial charge < -0.3 is 34.2 Å². The van der Waals surface area contributed by atoms with E-state index in [9.17, 15) is 27.6 Å². The molecule has 1 aliphatic rings. The number of fused-ring (bicyclic) bond motifs is 1. The number of hydrogen-bond donors (Lipinski definition) is 1. The first kappa shape index (κ1) is 36.5. The summed E-state index contributed by atoms with van der Waals surface area (Å²) in [6.45, 7) is 4.05. The van der Waals surface area contributed by atoms with Crippen LogP contribution in [0.25, 0.3) is 11.2 Å². The third kappa shape index (κ3) is 7.71. The number of aromatic nitrogens is 4. The second-order valence-electron chi connectivity index (χ2n) is 10.8. The molecule has 0 radical (unpaired) electrons. The highest BCUT2D eigenvalue weighted by atomic mass is 35.5. The third-order valence-corrected chi connectivity index (χ3v) is 7.27. The molecule has 0 spiro atoms. The number of esters is 3. The molecular weight excluding hydrogens is 674 g/mol. The molecule has 1 unspecified atom stereocenters. The average Bonchev–Trinajstić information content (AvgIpc) is 3.57. The molecule has 3 heterocycles. The number of alkyl halides is 4. The first-order valence-electron chi connectivity index (χ1n) is 14.5. The number of halogens is 5. The van der Waals surface area contributed by atoms with Crippen molar-refractivity contribution in [2.45, 2.75) is 64.1 Å². The summed E-state index contributed by atoms with van der Waals surface area (Å²) in [6.07, 6.45) is -7.75. The number of imidazole rings is 1. The highest BCUT2D eigenvalue weighted by molar-refractivity contribution is 6.28. The summed E-state index contributed by atoms with van der Waals surface area (Å²) in [5.41, 5.74) is 3.31. The zero-order valence-corrected chi connectivity index (χ0v) is 26.8. The maximum atomic E-state index is 17.1. The molecule has 4 rings (SSSR count). The van der Waals surface area contributed by atoms with Gasteiger partial charge in [-0.05, 0) is 43.1 Å². The monoisotopic (exact) mass is 705 g/mol. The molecule has 262 valence electrons. The summed E-state index contributed by atoms with van der Waals surface area (Å²) in [6, 6.07) is 4.29. The molecule has 0 bridgehead atoms. The van der Waals surface area contributed by atoms with E-state index in [1.165, 1.54) is 39.8 Å². The molecule has 1 aliphatic heterocycles. The van der Waals surface area contributed by atoms with E-state index < -0.39 is 79.2 Å². The molecule has 2 N–H and O–H groups in total. The molecule has 19 heteroatoms. The van der Waals surface area contributed by atoms with Gasteiger partial charge in [-0.25, -0.2) is 19.0 Å². The molecule has 48 heavy (non-hydrogen) atoms. The second kappa shape index (κ2) is 14.4. The van der Waals surface area contributed by atoms with Crippen LogP contribution < -0.4 is 10.5 Å². The average molecular weight is 706 g/mol. The van der Waals surface area contributed by atoms with Gasteiger partial charge in [0.05, 0.1) is 25.7 Å². The number of carbonyl (C=O) groups excluding carboxylic acids is 3. The minimum absolute atomic E-state index is 0.000326. The van der Waals surface area contributed by atoms with Gasteiger partial charge in [0.1, 0.15) is 30.3 Å². The zero-order valence-electron chi connectivity index (χ0n) is 26.1. The molecule has 14 nitrogen and oxygen atoms in total. The molecule has 0 saturated carbocycles. The minimum atomic E-state index is -4.96. The Morgan fingerprint density at radius 2 is 1.73 bits per heavy atom. The summed E-state index contributed by atoms with van der Waals surface area (Å²) in [4.78, 5) is 51.6. The summed E-state index contributed by atoms with van der Waals surface area (Å²) in [5, 5.41) is -0.313.